The van der Waals surface area contributed by atoms with Gasteiger partial charge in [0.05, 0.1) is 6.33 Å². The first-order valence-electron chi connectivity index (χ1n) is 4.44. The second-order valence-electron chi connectivity index (χ2n) is 3.02. The molecule has 0 atom stereocenters. The zero-order chi connectivity index (χ0) is 10.7. The van der Waals surface area contributed by atoms with Gasteiger partial charge in [-0.2, -0.15) is 0 Å². The van der Waals surface area contributed by atoms with Gasteiger partial charge in [-0.1, -0.05) is 11.6 Å². The average Bonchev–Trinajstić information content (AvgIpc) is 2.73. The van der Waals surface area contributed by atoms with Crippen LogP contribution in [0.1, 0.15) is 0 Å². The Bertz CT molecular complexity index is 491. The molecule has 5 nitrogen and oxygen atoms in total. The molecule has 0 aromatic carbocycles. The predicted molar refractivity (Wildman–Crippen MR) is 55.7 cm³/mol. The number of nitrogens with zero attached hydrogens (tertiary/aromatic N) is 4. The second-order valence-corrected chi connectivity index (χ2v) is 3.38. The van der Waals surface area contributed by atoms with Crippen molar-refractivity contribution < 1.29 is 0 Å². The van der Waals surface area contributed by atoms with Gasteiger partial charge in [0.25, 0.3) is 5.56 Å². The molecule has 15 heavy (non-hydrogen) atoms. The standard InChI is InChI=1S/C9H9ClN4O/c10-8-9(15)14(4-2-12-8)6-5-13-3-1-11-7-13/h1-4,7H,5-6H2. The van der Waals surface area contributed by atoms with Crippen LogP contribution < -0.4 is 5.56 Å². The van der Waals surface area contributed by atoms with Crippen LogP contribution in [-0.4, -0.2) is 19.1 Å². The molecule has 0 saturated carbocycles. The van der Waals surface area contributed by atoms with Gasteiger partial charge in [0.2, 0.25) is 0 Å². The van der Waals surface area contributed by atoms with Crippen LogP contribution >= 0.6 is 11.6 Å². The topological polar surface area (TPSA) is 52.7 Å². The molecule has 0 unspecified atom stereocenters. The van der Waals surface area contributed by atoms with Crippen LogP contribution in [0.5, 0.6) is 0 Å². The third-order valence-corrected chi connectivity index (χ3v) is 2.29. The van der Waals surface area contributed by atoms with Crippen molar-refractivity contribution in [1.82, 2.24) is 19.1 Å². The van der Waals surface area contributed by atoms with E-state index in [1.54, 1.807) is 18.7 Å². The Balaban J connectivity index is 2.12. The van der Waals surface area contributed by atoms with Crippen LogP contribution in [0.25, 0.3) is 0 Å². The van der Waals surface area contributed by atoms with Gasteiger partial charge >= 0.3 is 0 Å². The summed E-state index contributed by atoms with van der Waals surface area (Å²) < 4.78 is 3.41. The first-order valence-corrected chi connectivity index (χ1v) is 4.82. The molecular formula is C9H9ClN4O. The smallest absolute Gasteiger partial charge is 0.288 e. The van der Waals surface area contributed by atoms with E-state index in [0.29, 0.717) is 13.1 Å². The minimum Gasteiger partial charge on any atom is -0.336 e. The Morgan fingerprint density at radius 1 is 1.27 bits per heavy atom. The SMILES string of the molecule is O=c1c(Cl)nccn1CCn1ccnc1. The molecule has 0 fully saturated rings. The van der Waals surface area contributed by atoms with Crippen molar-refractivity contribution in [3.8, 4) is 0 Å². The summed E-state index contributed by atoms with van der Waals surface area (Å²) in [5.74, 6) is 0. The van der Waals surface area contributed by atoms with Crippen LogP contribution in [0.15, 0.2) is 35.9 Å². The van der Waals surface area contributed by atoms with Gasteiger partial charge in [-0.15, -0.1) is 0 Å². The molecule has 0 aliphatic carbocycles. The van der Waals surface area contributed by atoms with E-state index in [2.05, 4.69) is 9.97 Å². The first-order chi connectivity index (χ1) is 7.27. The van der Waals surface area contributed by atoms with E-state index in [-0.39, 0.29) is 10.7 Å². The third kappa shape index (κ3) is 2.24. The molecule has 0 aliphatic rings. The van der Waals surface area contributed by atoms with Gasteiger partial charge in [0.15, 0.2) is 5.15 Å². The van der Waals surface area contributed by atoms with E-state index in [1.807, 2.05) is 10.8 Å². The normalized spacial score (nSPS) is 10.5. The van der Waals surface area contributed by atoms with Gasteiger partial charge < -0.3 is 9.13 Å². The van der Waals surface area contributed by atoms with Crippen molar-refractivity contribution >= 4 is 11.6 Å². The highest BCUT2D eigenvalue weighted by Gasteiger charge is 2.00. The predicted octanol–water partition coefficient (Wildman–Crippen LogP) is 0.793. The minimum absolute atomic E-state index is 0.00290. The molecule has 78 valence electrons. The number of rotatable bonds is 3. The highest BCUT2D eigenvalue weighted by Crippen LogP contribution is 1.94. The third-order valence-electron chi connectivity index (χ3n) is 2.03. The fraction of sp³-hybridized carbons (Fsp3) is 0.222. The lowest BCUT2D eigenvalue weighted by Gasteiger charge is -2.05. The van der Waals surface area contributed by atoms with Crippen LogP contribution in [-0.2, 0) is 13.1 Å². The van der Waals surface area contributed by atoms with E-state index in [1.165, 1.54) is 10.8 Å². The van der Waals surface area contributed by atoms with Crippen LogP contribution in [0, 0.1) is 0 Å². The van der Waals surface area contributed by atoms with Crippen molar-refractivity contribution in [2.45, 2.75) is 13.1 Å². The molecule has 0 saturated heterocycles. The summed E-state index contributed by atoms with van der Waals surface area (Å²) in [5.41, 5.74) is -0.265. The zero-order valence-electron chi connectivity index (χ0n) is 7.88. The van der Waals surface area contributed by atoms with Crippen molar-refractivity contribution in [3.05, 3.63) is 46.6 Å². The summed E-state index contributed by atoms with van der Waals surface area (Å²) in [6.45, 7) is 1.23. The van der Waals surface area contributed by atoms with Gasteiger partial charge in [-0.25, -0.2) is 9.97 Å². The van der Waals surface area contributed by atoms with Crippen LogP contribution in [0.3, 0.4) is 0 Å². The van der Waals surface area contributed by atoms with Crippen molar-refractivity contribution in [3.63, 3.8) is 0 Å². The van der Waals surface area contributed by atoms with Crippen LogP contribution in [0.2, 0.25) is 5.15 Å². The Kier molecular flexibility index (Phi) is 2.82. The molecule has 2 heterocycles. The molecule has 0 radical (unpaired) electrons. The van der Waals surface area contributed by atoms with Gasteiger partial charge in [-0.3, -0.25) is 4.79 Å². The summed E-state index contributed by atoms with van der Waals surface area (Å²) >= 11 is 5.61. The molecule has 2 aromatic rings. The summed E-state index contributed by atoms with van der Waals surface area (Å²) in [7, 11) is 0. The summed E-state index contributed by atoms with van der Waals surface area (Å²) in [6, 6.07) is 0. The van der Waals surface area contributed by atoms with Crippen molar-refractivity contribution in [2.75, 3.05) is 0 Å². The fourth-order valence-corrected chi connectivity index (χ4v) is 1.40. The number of aryl methyl sites for hydroxylation is 2. The molecule has 0 spiro atoms. The largest absolute Gasteiger partial charge is 0.336 e. The molecule has 2 aromatic heterocycles. The highest BCUT2D eigenvalue weighted by atomic mass is 35.5. The molecule has 2 rings (SSSR count). The van der Waals surface area contributed by atoms with Gasteiger partial charge in [-0.05, 0) is 0 Å². The maximum absolute atomic E-state index is 11.5. The Hall–Kier alpha value is -1.62. The highest BCUT2D eigenvalue weighted by molar-refractivity contribution is 6.29. The number of imidazole rings is 1. The maximum atomic E-state index is 11.5. The van der Waals surface area contributed by atoms with E-state index in [0.717, 1.165) is 0 Å². The molecule has 0 amide bonds. The molecule has 0 aliphatic heterocycles. The molecule has 0 N–H and O–H groups in total. The summed E-state index contributed by atoms with van der Waals surface area (Å²) in [6.07, 6.45) is 8.37. The quantitative estimate of drug-likeness (QED) is 0.775. The monoisotopic (exact) mass is 224 g/mol. The fourth-order valence-electron chi connectivity index (χ4n) is 1.24. The first kappa shape index (κ1) is 9.92. The van der Waals surface area contributed by atoms with E-state index in [4.69, 9.17) is 11.6 Å². The second kappa shape index (κ2) is 4.27. The Labute approximate surface area is 91.0 Å². The lowest BCUT2D eigenvalue weighted by Crippen LogP contribution is -2.22. The number of hydrogen-bond acceptors (Lipinski definition) is 3. The van der Waals surface area contributed by atoms with E-state index in [9.17, 15) is 4.79 Å². The van der Waals surface area contributed by atoms with Crippen molar-refractivity contribution in [1.29, 1.82) is 0 Å². The maximum Gasteiger partial charge on any atom is 0.288 e. The number of halogens is 1. The Morgan fingerprint density at radius 2 is 2.13 bits per heavy atom. The van der Waals surface area contributed by atoms with E-state index < -0.39 is 0 Å². The van der Waals surface area contributed by atoms with E-state index >= 15 is 0 Å². The number of hydrogen-bond donors (Lipinski definition) is 0. The molecular weight excluding hydrogens is 216 g/mol. The lowest BCUT2D eigenvalue weighted by atomic mass is 10.5. The summed E-state index contributed by atoms with van der Waals surface area (Å²) in [5, 5.41) is 0.00290. The average molecular weight is 225 g/mol. The van der Waals surface area contributed by atoms with Gasteiger partial charge in [0.1, 0.15) is 0 Å². The Morgan fingerprint density at radius 3 is 2.87 bits per heavy atom. The van der Waals surface area contributed by atoms with Crippen molar-refractivity contribution in [2.24, 2.45) is 0 Å². The zero-order valence-corrected chi connectivity index (χ0v) is 8.63. The van der Waals surface area contributed by atoms with Crippen LogP contribution in [0.4, 0.5) is 0 Å². The number of aromatic nitrogens is 4. The van der Waals surface area contributed by atoms with Gasteiger partial charge in [0, 0.05) is 37.9 Å². The molecule has 0 bridgehead atoms. The minimum atomic E-state index is -0.265. The lowest BCUT2D eigenvalue weighted by molar-refractivity contribution is 0.562. The summed E-state index contributed by atoms with van der Waals surface area (Å²) in [4.78, 5) is 19.1. The molecule has 6 heteroatoms.